The number of rotatable bonds is 4. The molecule has 7 heteroatoms. The van der Waals surface area contributed by atoms with Crippen LogP contribution in [0.15, 0.2) is 64.0 Å². The summed E-state index contributed by atoms with van der Waals surface area (Å²) < 4.78 is 41.7. The second-order valence-electron chi connectivity index (χ2n) is 7.52. The molecule has 0 aliphatic heterocycles. The van der Waals surface area contributed by atoms with Crippen molar-refractivity contribution in [2.45, 2.75) is 30.6 Å². The molecular formula is C20H19FN2O3S. The molecule has 0 radical (unpaired) electrons. The number of nitrogens with two attached hydrogens (primary N) is 1. The molecule has 2 atom stereocenters. The largest absolute Gasteiger partial charge is 0.356 e. The number of hydrogen-bond acceptors (Lipinski definition) is 4. The molecule has 0 spiro atoms. The van der Waals surface area contributed by atoms with Crippen LogP contribution in [0.25, 0.3) is 11.3 Å². The average molecular weight is 386 g/mol. The van der Waals surface area contributed by atoms with Crippen molar-refractivity contribution in [3.63, 3.8) is 0 Å². The van der Waals surface area contributed by atoms with Gasteiger partial charge in [-0.1, -0.05) is 43.3 Å². The van der Waals surface area contributed by atoms with Crippen molar-refractivity contribution >= 4 is 10.0 Å². The van der Waals surface area contributed by atoms with E-state index in [9.17, 15) is 12.8 Å². The Hall–Kier alpha value is -2.51. The van der Waals surface area contributed by atoms with Crippen LogP contribution < -0.4 is 5.14 Å². The van der Waals surface area contributed by atoms with E-state index in [0.29, 0.717) is 11.3 Å². The molecule has 1 heterocycles. The van der Waals surface area contributed by atoms with Gasteiger partial charge in [0, 0.05) is 17.5 Å². The molecule has 1 fully saturated rings. The van der Waals surface area contributed by atoms with Crippen LogP contribution in [0, 0.1) is 11.2 Å². The zero-order chi connectivity index (χ0) is 19.4. The van der Waals surface area contributed by atoms with E-state index in [0.717, 1.165) is 11.3 Å². The molecule has 4 rings (SSSR count). The molecule has 27 heavy (non-hydrogen) atoms. The summed E-state index contributed by atoms with van der Waals surface area (Å²) in [5.74, 6) is 0.502. The number of nitrogens with zero attached hydrogens (tertiary/aromatic N) is 1. The highest BCUT2D eigenvalue weighted by atomic mass is 32.2. The molecule has 2 unspecified atom stereocenters. The van der Waals surface area contributed by atoms with Crippen LogP contribution in [-0.4, -0.2) is 13.6 Å². The molecule has 1 aliphatic carbocycles. The third-order valence-corrected chi connectivity index (χ3v) is 6.28. The Balaban J connectivity index is 1.62. The van der Waals surface area contributed by atoms with Crippen molar-refractivity contribution in [3.05, 3.63) is 71.7 Å². The van der Waals surface area contributed by atoms with Crippen LogP contribution in [0.2, 0.25) is 0 Å². The highest BCUT2D eigenvalue weighted by Crippen LogP contribution is 2.69. The molecule has 1 saturated carbocycles. The molecule has 1 aliphatic rings. The predicted octanol–water partition coefficient (Wildman–Crippen LogP) is 4.04. The van der Waals surface area contributed by atoms with Crippen molar-refractivity contribution in [3.8, 4) is 11.3 Å². The fraction of sp³-hybridized carbons (Fsp3) is 0.250. The minimum absolute atomic E-state index is 0.0564. The fourth-order valence-electron chi connectivity index (χ4n) is 3.89. The van der Waals surface area contributed by atoms with Gasteiger partial charge in [-0.05, 0) is 41.2 Å². The normalized spacial score (nSPS) is 21.2. The molecular weight excluding hydrogens is 367 g/mol. The van der Waals surface area contributed by atoms with E-state index in [-0.39, 0.29) is 28.0 Å². The maximum Gasteiger partial charge on any atom is 0.238 e. The van der Waals surface area contributed by atoms with Gasteiger partial charge in [0.25, 0.3) is 0 Å². The van der Waals surface area contributed by atoms with Gasteiger partial charge >= 0.3 is 0 Å². The summed E-state index contributed by atoms with van der Waals surface area (Å²) in [5.41, 5.74) is 2.41. The number of aromatic nitrogens is 1. The molecule has 0 bridgehead atoms. The van der Waals surface area contributed by atoms with Gasteiger partial charge < -0.3 is 4.52 Å². The van der Waals surface area contributed by atoms with E-state index in [1.807, 2.05) is 6.07 Å². The Kier molecular flexibility index (Phi) is 3.98. The van der Waals surface area contributed by atoms with Crippen molar-refractivity contribution in [1.29, 1.82) is 0 Å². The van der Waals surface area contributed by atoms with Gasteiger partial charge in [0.05, 0.1) is 10.6 Å². The first-order valence-corrected chi connectivity index (χ1v) is 10.1. The summed E-state index contributed by atoms with van der Waals surface area (Å²) in [7, 11) is -3.71. The summed E-state index contributed by atoms with van der Waals surface area (Å²) in [6.45, 7) is 4.26. The topological polar surface area (TPSA) is 86.2 Å². The Labute approximate surface area is 157 Å². The van der Waals surface area contributed by atoms with Crippen molar-refractivity contribution in [2.24, 2.45) is 10.6 Å². The molecule has 0 amide bonds. The minimum Gasteiger partial charge on any atom is -0.356 e. The molecule has 0 saturated heterocycles. The molecule has 3 aromatic rings. The number of halogens is 1. The van der Waals surface area contributed by atoms with Gasteiger partial charge in [-0.25, -0.2) is 17.9 Å². The highest BCUT2D eigenvalue weighted by molar-refractivity contribution is 7.89. The minimum atomic E-state index is -3.71. The zero-order valence-electron chi connectivity index (χ0n) is 14.9. The Bertz CT molecular complexity index is 1100. The van der Waals surface area contributed by atoms with E-state index in [1.54, 1.807) is 24.3 Å². The summed E-state index contributed by atoms with van der Waals surface area (Å²) in [6, 6.07) is 14.7. The van der Waals surface area contributed by atoms with Crippen LogP contribution in [-0.2, 0) is 10.0 Å². The summed E-state index contributed by atoms with van der Waals surface area (Å²) >= 11 is 0. The molecule has 2 N–H and O–H groups in total. The van der Waals surface area contributed by atoms with Gasteiger partial charge in [-0.2, -0.15) is 0 Å². The van der Waals surface area contributed by atoms with E-state index in [4.69, 9.17) is 9.66 Å². The van der Waals surface area contributed by atoms with E-state index in [1.165, 1.54) is 24.3 Å². The maximum absolute atomic E-state index is 13.4. The average Bonchev–Trinajstić information content (AvgIpc) is 2.94. The second kappa shape index (κ2) is 6.00. The lowest BCUT2D eigenvalue weighted by Crippen LogP contribution is -2.11. The predicted molar refractivity (Wildman–Crippen MR) is 99.0 cm³/mol. The molecule has 5 nitrogen and oxygen atoms in total. The van der Waals surface area contributed by atoms with Crippen LogP contribution in [0.5, 0.6) is 0 Å². The van der Waals surface area contributed by atoms with Crippen LogP contribution in [0.1, 0.15) is 36.9 Å². The van der Waals surface area contributed by atoms with Gasteiger partial charge in [0.1, 0.15) is 5.82 Å². The number of sulfonamides is 1. The first-order chi connectivity index (χ1) is 12.7. The lowest BCUT2D eigenvalue weighted by Gasteiger charge is -2.04. The van der Waals surface area contributed by atoms with Gasteiger partial charge in [0.15, 0.2) is 5.76 Å². The number of hydrogen-bond donors (Lipinski definition) is 1. The van der Waals surface area contributed by atoms with Crippen LogP contribution in [0.3, 0.4) is 0 Å². The van der Waals surface area contributed by atoms with E-state index >= 15 is 0 Å². The lowest BCUT2D eigenvalue weighted by atomic mass is 10.0. The fourth-order valence-corrected chi connectivity index (χ4v) is 4.41. The number of benzene rings is 2. The first-order valence-electron chi connectivity index (χ1n) is 8.53. The Morgan fingerprint density at radius 1 is 1.07 bits per heavy atom. The highest BCUT2D eigenvalue weighted by Gasteiger charge is 2.60. The molecule has 2 aromatic carbocycles. The summed E-state index contributed by atoms with van der Waals surface area (Å²) in [6.07, 6.45) is 0. The Morgan fingerprint density at radius 2 is 1.78 bits per heavy atom. The van der Waals surface area contributed by atoms with Crippen molar-refractivity contribution < 1.29 is 17.3 Å². The Morgan fingerprint density at radius 3 is 2.41 bits per heavy atom. The van der Waals surface area contributed by atoms with E-state index in [2.05, 4.69) is 19.0 Å². The van der Waals surface area contributed by atoms with Crippen molar-refractivity contribution in [1.82, 2.24) is 5.16 Å². The van der Waals surface area contributed by atoms with E-state index < -0.39 is 10.0 Å². The zero-order valence-corrected chi connectivity index (χ0v) is 15.7. The summed E-state index contributed by atoms with van der Waals surface area (Å²) in [5, 5.41) is 9.36. The second-order valence-corrected chi connectivity index (χ2v) is 9.08. The van der Waals surface area contributed by atoms with Gasteiger partial charge in [-0.15, -0.1) is 0 Å². The lowest BCUT2D eigenvalue weighted by molar-refractivity contribution is 0.420. The number of primary sulfonamides is 1. The van der Waals surface area contributed by atoms with Crippen LogP contribution in [0.4, 0.5) is 4.39 Å². The SMILES string of the molecule is CC1(C)C(c2ccc(S(N)(=O)=O)cc2)C1c1cc(-c2cccc(F)c2)on1. The standard InChI is InChI=1S/C20H19FN2O3S/c1-20(2)18(12-6-8-15(9-7-12)27(22,24)25)19(20)16-11-17(26-23-16)13-4-3-5-14(21)10-13/h3-11,18-19H,1-2H3,(H2,22,24,25). The summed E-state index contributed by atoms with van der Waals surface area (Å²) in [4.78, 5) is 0.0936. The molecule has 1 aromatic heterocycles. The third-order valence-electron chi connectivity index (χ3n) is 5.35. The first kappa shape index (κ1) is 17.9. The smallest absolute Gasteiger partial charge is 0.238 e. The quantitative estimate of drug-likeness (QED) is 0.733. The maximum atomic E-state index is 13.4. The van der Waals surface area contributed by atoms with Gasteiger partial charge in [0.2, 0.25) is 10.0 Å². The van der Waals surface area contributed by atoms with Crippen molar-refractivity contribution in [2.75, 3.05) is 0 Å². The molecule has 140 valence electrons. The van der Waals surface area contributed by atoms with Crippen LogP contribution >= 0.6 is 0 Å². The third kappa shape index (κ3) is 3.17. The monoisotopic (exact) mass is 386 g/mol. The van der Waals surface area contributed by atoms with Gasteiger partial charge in [-0.3, -0.25) is 0 Å².